The predicted molar refractivity (Wildman–Crippen MR) is 82.4 cm³/mol. The lowest BCUT2D eigenvalue weighted by molar-refractivity contribution is 0.320. The molecule has 21 heavy (non-hydrogen) atoms. The molecule has 3 nitrogen and oxygen atoms in total. The van der Waals surface area contributed by atoms with Crippen LogP contribution in [0.5, 0.6) is 17.2 Å². The van der Waals surface area contributed by atoms with Crippen LogP contribution in [0.25, 0.3) is 10.8 Å². The molecular weight excluding hydrogens is 264 g/mol. The molecule has 4 rings (SSSR count). The zero-order valence-electron chi connectivity index (χ0n) is 12.2. The van der Waals surface area contributed by atoms with Crippen molar-refractivity contribution in [3.8, 4) is 17.2 Å². The number of hydrogen-bond acceptors (Lipinski definition) is 3. The Bertz CT molecular complexity index is 720. The number of hydrogen-bond donors (Lipinski definition) is 2. The van der Waals surface area contributed by atoms with Crippen molar-refractivity contribution in [2.45, 2.75) is 44.4 Å². The second-order valence-electron chi connectivity index (χ2n) is 6.26. The van der Waals surface area contributed by atoms with Crippen LogP contribution < -0.4 is 4.74 Å². The fourth-order valence-electron chi connectivity index (χ4n) is 4.17. The normalized spacial score (nSPS) is 22.7. The van der Waals surface area contributed by atoms with Gasteiger partial charge in [-0.25, -0.2) is 0 Å². The Kier molecular flexibility index (Phi) is 2.78. The molecule has 0 amide bonds. The molecule has 3 heteroatoms. The summed E-state index contributed by atoms with van der Waals surface area (Å²) in [4.78, 5) is 0. The summed E-state index contributed by atoms with van der Waals surface area (Å²) < 4.78 is 5.77. The molecule has 2 bridgehead atoms. The molecule has 0 saturated heterocycles. The fourth-order valence-corrected chi connectivity index (χ4v) is 4.17. The SMILES string of the molecule is CCCOc1cccc2c(O)c3c(c(O)c12)C1CCC3C1. The first-order chi connectivity index (χ1) is 10.2. The molecular formula is C18H20O3. The molecule has 2 atom stereocenters. The zero-order valence-corrected chi connectivity index (χ0v) is 12.2. The van der Waals surface area contributed by atoms with Crippen molar-refractivity contribution in [3.05, 3.63) is 29.3 Å². The number of fused-ring (bicyclic) bond motifs is 6. The highest BCUT2D eigenvalue weighted by atomic mass is 16.5. The summed E-state index contributed by atoms with van der Waals surface area (Å²) in [6.45, 7) is 2.67. The molecule has 2 unspecified atom stereocenters. The molecule has 2 aliphatic carbocycles. The molecule has 1 saturated carbocycles. The highest BCUT2D eigenvalue weighted by Gasteiger charge is 2.42. The molecule has 0 spiro atoms. The van der Waals surface area contributed by atoms with Gasteiger partial charge in [-0.05, 0) is 43.6 Å². The van der Waals surface area contributed by atoms with Crippen LogP contribution in [0.15, 0.2) is 18.2 Å². The summed E-state index contributed by atoms with van der Waals surface area (Å²) in [5, 5.41) is 22.9. The van der Waals surface area contributed by atoms with E-state index in [4.69, 9.17) is 4.74 Å². The Morgan fingerprint density at radius 3 is 2.52 bits per heavy atom. The second kappa shape index (κ2) is 4.55. The van der Waals surface area contributed by atoms with Crippen LogP contribution in [0.1, 0.15) is 55.6 Å². The van der Waals surface area contributed by atoms with E-state index in [2.05, 4.69) is 6.92 Å². The number of rotatable bonds is 3. The zero-order chi connectivity index (χ0) is 14.6. The van der Waals surface area contributed by atoms with Crippen molar-refractivity contribution in [2.24, 2.45) is 0 Å². The molecule has 1 fully saturated rings. The van der Waals surface area contributed by atoms with Crippen LogP contribution in [0.2, 0.25) is 0 Å². The van der Waals surface area contributed by atoms with E-state index in [-0.39, 0.29) is 0 Å². The van der Waals surface area contributed by atoms with E-state index in [0.717, 1.165) is 36.8 Å². The average molecular weight is 284 g/mol. The van der Waals surface area contributed by atoms with E-state index in [1.807, 2.05) is 18.2 Å². The van der Waals surface area contributed by atoms with Crippen molar-refractivity contribution in [1.29, 1.82) is 0 Å². The van der Waals surface area contributed by atoms with Crippen LogP contribution >= 0.6 is 0 Å². The van der Waals surface area contributed by atoms with Crippen LogP contribution in [-0.2, 0) is 0 Å². The smallest absolute Gasteiger partial charge is 0.131 e. The first-order valence-corrected chi connectivity index (χ1v) is 7.85. The highest BCUT2D eigenvalue weighted by Crippen LogP contribution is 2.61. The summed E-state index contributed by atoms with van der Waals surface area (Å²) >= 11 is 0. The van der Waals surface area contributed by atoms with Gasteiger partial charge >= 0.3 is 0 Å². The van der Waals surface area contributed by atoms with E-state index < -0.39 is 0 Å². The Morgan fingerprint density at radius 2 is 1.81 bits per heavy atom. The van der Waals surface area contributed by atoms with Gasteiger partial charge in [0.25, 0.3) is 0 Å². The summed E-state index contributed by atoms with van der Waals surface area (Å²) in [6, 6.07) is 5.62. The van der Waals surface area contributed by atoms with Crippen molar-refractivity contribution in [3.63, 3.8) is 0 Å². The number of phenolic OH excluding ortho intramolecular Hbond substituents is 2. The predicted octanol–water partition coefficient (Wildman–Crippen LogP) is 4.40. The van der Waals surface area contributed by atoms with Gasteiger partial charge < -0.3 is 14.9 Å². The second-order valence-corrected chi connectivity index (χ2v) is 6.26. The molecule has 0 heterocycles. The minimum Gasteiger partial charge on any atom is -0.507 e. The minimum atomic E-state index is 0.330. The molecule has 0 aliphatic heterocycles. The maximum Gasteiger partial charge on any atom is 0.131 e. The molecule has 2 aliphatic rings. The quantitative estimate of drug-likeness (QED) is 0.821. The van der Waals surface area contributed by atoms with Crippen LogP contribution in [-0.4, -0.2) is 16.8 Å². The Labute approximate surface area is 124 Å². The third kappa shape index (κ3) is 1.66. The van der Waals surface area contributed by atoms with Gasteiger partial charge in [0.15, 0.2) is 0 Å². The lowest BCUT2D eigenvalue weighted by atomic mass is 9.87. The van der Waals surface area contributed by atoms with Crippen LogP contribution in [0.3, 0.4) is 0 Å². The number of ether oxygens (including phenoxy) is 1. The monoisotopic (exact) mass is 284 g/mol. The Morgan fingerprint density at radius 1 is 1.10 bits per heavy atom. The minimum absolute atomic E-state index is 0.330. The van der Waals surface area contributed by atoms with Crippen molar-refractivity contribution >= 4 is 10.8 Å². The maximum atomic E-state index is 10.8. The van der Waals surface area contributed by atoms with E-state index in [0.29, 0.717) is 46.5 Å². The summed E-state index contributed by atoms with van der Waals surface area (Å²) in [7, 11) is 0. The lowest BCUT2D eigenvalue weighted by Gasteiger charge is -2.21. The van der Waals surface area contributed by atoms with Crippen molar-refractivity contribution < 1.29 is 14.9 Å². The number of aromatic hydroxyl groups is 2. The molecule has 110 valence electrons. The van der Waals surface area contributed by atoms with E-state index in [1.54, 1.807) is 0 Å². The van der Waals surface area contributed by atoms with Crippen LogP contribution in [0, 0.1) is 0 Å². The molecule has 0 radical (unpaired) electrons. The van der Waals surface area contributed by atoms with Gasteiger partial charge in [-0.2, -0.15) is 0 Å². The number of benzene rings is 2. The summed E-state index contributed by atoms with van der Waals surface area (Å²) in [6.07, 6.45) is 4.23. The van der Waals surface area contributed by atoms with Gasteiger partial charge in [0.1, 0.15) is 17.2 Å². The maximum absolute atomic E-state index is 10.8. The Hall–Kier alpha value is -1.90. The van der Waals surface area contributed by atoms with Gasteiger partial charge in [0, 0.05) is 16.5 Å². The topological polar surface area (TPSA) is 49.7 Å². The first kappa shape index (κ1) is 12.8. The van der Waals surface area contributed by atoms with Crippen molar-refractivity contribution in [2.75, 3.05) is 6.61 Å². The fraction of sp³-hybridized carbons (Fsp3) is 0.444. The standard InChI is InChI=1S/C18H20O3/c1-2-8-21-13-5-3-4-12-16(13)18(20)15-11-7-6-10(9-11)14(15)17(12)19/h3-5,10-11,19-20H,2,6-9H2,1H3. The third-order valence-corrected chi connectivity index (χ3v) is 5.03. The van der Waals surface area contributed by atoms with Gasteiger partial charge in [0.2, 0.25) is 0 Å². The first-order valence-electron chi connectivity index (χ1n) is 7.85. The Balaban J connectivity index is 2.01. The molecule has 2 aromatic carbocycles. The largest absolute Gasteiger partial charge is 0.507 e. The highest BCUT2D eigenvalue weighted by molar-refractivity contribution is 6.00. The lowest BCUT2D eigenvalue weighted by Crippen LogP contribution is -2.01. The molecule has 0 aromatic heterocycles. The van der Waals surface area contributed by atoms with E-state index >= 15 is 0 Å². The summed E-state index contributed by atoms with van der Waals surface area (Å²) in [5.41, 5.74) is 1.97. The van der Waals surface area contributed by atoms with E-state index in [1.165, 1.54) is 0 Å². The van der Waals surface area contributed by atoms with Crippen LogP contribution in [0.4, 0.5) is 0 Å². The molecule has 2 N–H and O–H groups in total. The van der Waals surface area contributed by atoms with Gasteiger partial charge in [-0.15, -0.1) is 0 Å². The number of phenols is 2. The van der Waals surface area contributed by atoms with Gasteiger partial charge in [-0.3, -0.25) is 0 Å². The van der Waals surface area contributed by atoms with E-state index in [9.17, 15) is 10.2 Å². The third-order valence-electron chi connectivity index (χ3n) is 5.03. The molecule has 2 aromatic rings. The summed E-state index contributed by atoms with van der Waals surface area (Å²) in [5.74, 6) is 2.18. The van der Waals surface area contributed by atoms with Crippen molar-refractivity contribution in [1.82, 2.24) is 0 Å². The van der Waals surface area contributed by atoms with Gasteiger partial charge in [-0.1, -0.05) is 19.1 Å². The van der Waals surface area contributed by atoms with Gasteiger partial charge in [0.05, 0.1) is 12.0 Å². The average Bonchev–Trinajstić information content (AvgIpc) is 3.11.